The van der Waals surface area contributed by atoms with Gasteiger partial charge in [0.1, 0.15) is 5.82 Å². The number of nitrogens with zero attached hydrogens (tertiary/aromatic N) is 3. The van der Waals surface area contributed by atoms with E-state index in [1.165, 1.54) is 5.56 Å². The molecule has 2 rings (SSSR count). The Morgan fingerprint density at radius 3 is 2.71 bits per heavy atom. The van der Waals surface area contributed by atoms with Gasteiger partial charge in [-0.3, -0.25) is 9.67 Å². The molecule has 0 aliphatic rings. The molecule has 4 nitrogen and oxygen atoms in total. The second-order valence-electron chi connectivity index (χ2n) is 3.08. The smallest absolute Gasteiger partial charge is 0.148 e. The molecule has 0 aromatic carbocycles. The summed E-state index contributed by atoms with van der Waals surface area (Å²) in [7, 11) is 1.90. The maximum Gasteiger partial charge on any atom is 0.148 e. The van der Waals surface area contributed by atoms with Gasteiger partial charge in [0.15, 0.2) is 0 Å². The van der Waals surface area contributed by atoms with Gasteiger partial charge in [0.25, 0.3) is 0 Å². The zero-order valence-corrected chi connectivity index (χ0v) is 8.01. The highest BCUT2D eigenvalue weighted by atomic mass is 15.3. The van der Waals surface area contributed by atoms with Crippen LogP contribution >= 0.6 is 0 Å². The summed E-state index contributed by atoms with van der Waals surface area (Å²) < 4.78 is 1.77. The lowest BCUT2D eigenvalue weighted by molar-refractivity contribution is 0.768. The molecule has 2 aromatic rings. The van der Waals surface area contributed by atoms with Crippen LogP contribution in [0.4, 0.5) is 5.82 Å². The van der Waals surface area contributed by atoms with Gasteiger partial charge < -0.3 is 5.32 Å². The third kappa shape index (κ3) is 2.10. The first-order chi connectivity index (χ1) is 6.84. The minimum absolute atomic E-state index is 0.777. The Kier molecular flexibility index (Phi) is 2.44. The van der Waals surface area contributed by atoms with Gasteiger partial charge in [-0.15, -0.1) is 0 Å². The van der Waals surface area contributed by atoms with Crippen LogP contribution in [0.1, 0.15) is 5.56 Å². The summed E-state index contributed by atoms with van der Waals surface area (Å²) in [6.07, 6.45) is 5.49. The van der Waals surface area contributed by atoms with Crippen LogP contribution in [-0.2, 0) is 13.6 Å². The van der Waals surface area contributed by atoms with Crippen molar-refractivity contribution in [1.82, 2.24) is 14.8 Å². The zero-order chi connectivity index (χ0) is 9.80. The van der Waals surface area contributed by atoms with E-state index in [2.05, 4.69) is 15.4 Å². The lowest BCUT2D eigenvalue weighted by atomic mass is 10.3. The van der Waals surface area contributed by atoms with Gasteiger partial charge in [-0.1, -0.05) is 0 Å². The Hall–Kier alpha value is -1.84. The number of nitrogens with one attached hydrogen (secondary N) is 1. The van der Waals surface area contributed by atoms with Gasteiger partial charge >= 0.3 is 0 Å². The van der Waals surface area contributed by atoms with Crippen molar-refractivity contribution in [3.8, 4) is 0 Å². The highest BCUT2D eigenvalue weighted by molar-refractivity contribution is 5.33. The Morgan fingerprint density at radius 1 is 1.29 bits per heavy atom. The Labute approximate surface area is 82.6 Å². The minimum Gasteiger partial charge on any atom is -0.365 e. The molecule has 0 atom stereocenters. The fraction of sp³-hybridized carbons (Fsp3) is 0.200. The van der Waals surface area contributed by atoms with Gasteiger partial charge in [0, 0.05) is 38.2 Å². The SMILES string of the molecule is Cn1ccc(NCc2ccncc2)n1. The minimum atomic E-state index is 0.777. The van der Waals surface area contributed by atoms with Crippen molar-refractivity contribution in [2.24, 2.45) is 7.05 Å². The maximum atomic E-state index is 4.22. The topological polar surface area (TPSA) is 42.7 Å². The normalized spacial score (nSPS) is 10.1. The van der Waals surface area contributed by atoms with Crippen LogP contribution in [0, 0.1) is 0 Å². The number of aromatic nitrogens is 3. The molecule has 14 heavy (non-hydrogen) atoms. The lowest BCUT2D eigenvalue weighted by Crippen LogP contribution is -2.00. The first-order valence-corrected chi connectivity index (χ1v) is 4.47. The summed E-state index contributed by atoms with van der Waals surface area (Å²) in [6.45, 7) is 0.777. The van der Waals surface area contributed by atoms with Crippen molar-refractivity contribution in [3.63, 3.8) is 0 Å². The first-order valence-electron chi connectivity index (χ1n) is 4.47. The number of rotatable bonds is 3. The van der Waals surface area contributed by atoms with E-state index in [9.17, 15) is 0 Å². The third-order valence-electron chi connectivity index (χ3n) is 1.94. The number of aryl methyl sites for hydroxylation is 1. The molecule has 0 bridgehead atoms. The second-order valence-corrected chi connectivity index (χ2v) is 3.08. The summed E-state index contributed by atoms with van der Waals surface area (Å²) in [5.74, 6) is 0.893. The summed E-state index contributed by atoms with van der Waals surface area (Å²) in [5.41, 5.74) is 1.20. The van der Waals surface area contributed by atoms with Crippen molar-refractivity contribution in [1.29, 1.82) is 0 Å². The molecular weight excluding hydrogens is 176 g/mol. The molecule has 0 amide bonds. The van der Waals surface area contributed by atoms with Crippen molar-refractivity contribution in [2.75, 3.05) is 5.32 Å². The summed E-state index contributed by atoms with van der Waals surface area (Å²) >= 11 is 0. The predicted molar refractivity (Wildman–Crippen MR) is 54.8 cm³/mol. The molecule has 0 unspecified atom stereocenters. The molecule has 0 aliphatic heterocycles. The Bertz CT molecular complexity index is 394. The second kappa shape index (κ2) is 3.91. The number of hydrogen-bond donors (Lipinski definition) is 1. The molecule has 0 saturated heterocycles. The highest BCUT2D eigenvalue weighted by Crippen LogP contribution is 2.04. The van der Waals surface area contributed by atoms with Gasteiger partial charge in [-0.25, -0.2) is 0 Å². The molecular formula is C10H12N4. The average molecular weight is 188 g/mol. The standard InChI is InChI=1S/C10H12N4/c1-14-7-4-10(13-14)12-8-9-2-5-11-6-3-9/h2-7H,8H2,1H3,(H,12,13). The van der Waals surface area contributed by atoms with E-state index in [0.29, 0.717) is 0 Å². The van der Waals surface area contributed by atoms with Crippen molar-refractivity contribution in [2.45, 2.75) is 6.54 Å². The maximum absolute atomic E-state index is 4.22. The quantitative estimate of drug-likeness (QED) is 0.792. The van der Waals surface area contributed by atoms with Gasteiger partial charge in [-0.05, 0) is 17.7 Å². The van der Waals surface area contributed by atoms with E-state index in [1.54, 1.807) is 17.1 Å². The highest BCUT2D eigenvalue weighted by Gasteiger charge is 1.95. The van der Waals surface area contributed by atoms with Gasteiger partial charge in [0.2, 0.25) is 0 Å². The van der Waals surface area contributed by atoms with Gasteiger partial charge in [-0.2, -0.15) is 5.10 Å². The largest absolute Gasteiger partial charge is 0.365 e. The molecule has 1 N–H and O–H groups in total. The zero-order valence-electron chi connectivity index (χ0n) is 8.01. The molecule has 72 valence electrons. The van der Waals surface area contributed by atoms with Crippen LogP contribution in [0.5, 0.6) is 0 Å². The van der Waals surface area contributed by atoms with Crippen molar-refractivity contribution >= 4 is 5.82 Å². The summed E-state index contributed by atoms with van der Waals surface area (Å²) in [5, 5.41) is 7.44. The van der Waals surface area contributed by atoms with Crippen molar-refractivity contribution in [3.05, 3.63) is 42.4 Å². The van der Waals surface area contributed by atoms with Crippen LogP contribution in [0.3, 0.4) is 0 Å². The van der Waals surface area contributed by atoms with Crippen LogP contribution in [0.2, 0.25) is 0 Å². The monoisotopic (exact) mass is 188 g/mol. The molecule has 0 radical (unpaired) electrons. The molecule has 0 aliphatic carbocycles. The van der Waals surface area contributed by atoms with Crippen LogP contribution in [-0.4, -0.2) is 14.8 Å². The van der Waals surface area contributed by atoms with E-state index in [1.807, 2.05) is 31.4 Å². The molecule has 0 saturated carbocycles. The van der Waals surface area contributed by atoms with E-state index in [0.717, 1.165) is 12.4 Å². The van der Waals surface area contributed by atoms with E-state index >= 15 is 0 Å². The number of anilines is 1. The summed E-state index contributed by atoms with van der Waals surface area (Å²) in [4.78, 5) is 3.96. The number of pyridine rings is 1. The summed E-state index contributed by atoms with van der Waals surface area (Å²) in [6, 6.07) is 5.91. The molecule has 2 aromatic heterocycles. The first kappa shape index (κ1) is 8.74. The fourth-order valence-corrected chi connectivity index (χ4v) is 1.20. The average Bonchev–Trinajstić information content (AvgIpc) is 2.63. The predicted octanol–water partition coefficient (Wildman–Crippen LogP) is 1.43. The van der Waals surface area contributed by atoms with E-state index < -0.39 is 0 Å². The number of hydrogen-bond acceptors (Lipinski definition) is 3. The Morgan fingerprint density at radius 2 is 2.07 bits per heavy atom. The van der Waals surface area contributed by atoms with Crippen LogP contribution in [0.25, 0.3) is 0 Å². The van der Waals surface area contributed by atoms with E-state index in [-0.39, 0.29) is 0 Å². The fourth-order valence-electron chi connectivity index (χ4n) is 1.20. The molecule has 0 fully saturated rings. The van der Waals surface area contributed by atoms with E-state index in [4.69, 9.17) is 0 Å². The molecule has 2 heterocycles. The van der Waals surface area contributed by atoms with Crippen LogP contribution in [0.15, 0.2) is 36.8 Å². The van der Waals surface area contributed by atoms with Crippen molar-refractivity contribution < 1.29 is 0 Å². The third-order valence-corrected chi connectivity index (χ3v) is 1.94. The van der Waals surface area contributed by atoms with Gasteiger partial charge in [0.05, 0.1) is 0 Å². The molecule has 4 heteroatoms. The van der Waals surface area contributed by atoms with Crippen LogP contribution < -0.4 is 5.32 Å². The Balaban J connectivity index is 1.95. The molecule has 0 spiro atoms. The lowest BCUT2D eigenvalue weighted by Gasteiger charge is -2.01.